The SMILES string of the molecule is CC(C)C[C@H](NC(=O)CNC(=O)CNC(=O)[C@@H](NC(=O)[C@@H](N)C(C)C)C(C)C)C(=O)NCC(=O)NCC(=O)O. The third-order valence-corrected chi connectivity index (χ3v) is 5.36. The van der Waals surface area contributed by atoms with E-state index in [0.717, 1.165) is 0 Å². The van der Waals surface area contributed by atoms with E-state index in [0.29, 0.717) is 0 Å². The molecule has 6 amide bonds. The molecule has 0 aliphatic heterocycles. The molecule has 0 saturated carbocycles. The van der Waals surface area contributed by atoms with Crippen LogP contribution in [0.4, 0.5) is 0 Å². The first-order chi connectivity index (χ1) is 18.0. The Morgan fingerprint density at radius 2 is 1.10 bits per heavy atom. The van der Waals surface area contributed by atoms with E-state index in [4.69, 9.17) is 10.8 Å². The van der Waals surface area contributed by atoms with Crippen molar-refractivity contribution in [3.8, 4) is 0 Å². The van der Waals surface area contributed by atoms with Crippen LogP contribution in [-0.2, 0) is 33.6 Å². The summed E-state index contributed by atoms with van der Waals surface area (Å²) in [7, 11) is 0. The van der Waals surface area contributed by atoms with E-state index in [1.54, 1.807) is 27.7 Å². The van der Waals surface area contributed by atoms with Crippen LogP contribution in [0, 0.1) is 17.8 Å². The number of hydrogen-bond donors (Lipinski definition) is 8. The lowest BCUT2D eigenvalue weighted by molar-refractivity contribution is -0.138. The van der Waals surface area contributed by atoms with Crippen molar-refractivity contribution in [2.24, 2.45) is 23.5 Å². The van der Waals surface area contributed by atoms with E-state index in [1.165, 1.54) is 0 Å². The van der Waals surface area contributed by atoms with Gasteiger partial charge < -0.3 is 42.7 Å². The second-order valence-electron chi connectivity index (χ2n) is 10.1. The highest BCUT2D eigenvalue weighted by Crippen LogP contribution is 2.06. The third-order valence-electron chi connectivity index (χ3n) is 5.36. The topological polar surface area (TPSA) is 238 Å². The molecule has 0 unspecified atom stereocenters. The van der Waals surface area contributed by atoms with Gasteiger partial charge in [-0.25, -0.2) is 0 Å². The number of nitrogens with one attached hydrogen (secondary N) is 6. The van der Waals surface area contributed by atoms with Crippen LogP contribution < -0.4 is 37.6 Å². The minimum atomic E-state index is -1.24. The number of nitrogens with two attached hydrogens (primary N) is 1. The fourth-order valence-corrected chi connectivity index (χ4v) is 3.08. The summed E-state index contributed by atoms with van der Waals surface area (Å²) in [5.41, 5.74) is 5.82. The summed E-state index contributed by atoms with van der Waals surface area (Å²) in [5.74, 6) is -5.45. The van der Waals surface area contributed by atoms with Gasteiger partial charge in [-0.2, -0.15) is 0 Å². The molecule has 39 heavy (non-hydrogen) atoms. The van der Waals surface area contributed by atoms with Crippen LogP contribution in [0.15, 0.2) is 0 Å². The molecule has 0 heterocycles. The third kappa shape index (κ3) is 15.3. The zero-order valence-electron chi connectivity index (χ0n) is 23.4. The molecule has 0 radical (unpaired) electrons. The summed E-state index contributed by atoms with van der Waals surface area (Å²) in [6, 6.07) is -2.72. The Morgan fingerprint density at radius 1 is 0.615 bits per heavy atom. The molecule has 0 spiro atoms. The molecule has 0 saturated heterocycles. The van der Waals surface area contributed by atoms with Gasteiger partial charge in [0, 0.05) is 0 Å². The molecule has 0 fully saturated rings. The van der Waals surface area contributed by atoms with Gasteiger partial charge in [0.2, 0.25) is 35.4 Å². The van der Waals surface area contributed by atoms with Crippen LogP contribution in [0.5, 0.6) is 0 Å². The van der Waals surface area contributed by atoms with Crippen molar-refractivity contribution in [3.05, 3.63) is 0 Å². The van der Waals surface area contributed by atoms with Crippen molar-refractivity contribution in [1.29, 1.82) is 0 Å². The van der Waals surface area contributed by atoms with E-state index in [-0.39, 0.29) is 24.2 Å². The largest absolute Gasteiger partial charge is 0.480 e. The Labute approximate surface area is 228 Å². The van der Waals surface area contributed by atoms with Crippen molar-refractivity contribution in [3.63, 3.8) is 0 Å². The summed E-state index contributed by atoms with van der Waals surface area (Å²) in [5, 5.41) is 22.8. The van der Waals surface area contributed by atoms with Gasteiger partial charge in [-0.05, 0) is 24.2 Å². The minimum absolute atomic E-state index is 0.00354. The molecule has 0 aromatic heterocycles. The number of carbonyl (C=O) groups excluding carboxylic acids is 6. The average Bonchev–Trinajstić information content (AvgIpc) is 2.84. The first-order valence-corrected chi connectivity index (χ1v) is 12.7. The highest BCUT2D eigenvalue weighted by atomic mass is 16.4. The molecule has 0 aliphatic rings. The molecule has 15 nitrogen and oxygen atoms in total. The zero-order valence-corrected chi connectivity index (χ0v) is 23.4. The van der Waals surface area contributed by atoms with Crippen LogP contribution in [-0.4, -0.2) is 90.8 Å². The van der Waals surface area contributed by atoms with Gasteiger partial charge in [0.05, 0.1) is 25.7 Å². The predicted octanol–water partition coefficient (Wildman–Crippen LogP) is -2.81. The maximum absolute atomic E-state index is 12.5. The fraction of sp³-hybridized carbons (Fsp3) is 0.708. The lowest BCUT2D eigenvalue weighted by Gasteiger charge is -2.24. The Bertz CT molecular complexity index is 892. The van der Waals surface area contributed by atoms with Gasteiger partial charge in [-0.15, -0.1) is 0 Å². The van der Waals surface area contributed by atoms with Crippen molar-refractivity contribution in [2.75, 3.05) is 26.2 Å². The van der Waals surface area contributed by atoms with Crippen LogP contribution >= 0.6 is 0 Å². The Kier molecular flexibility index (Phi) is 16.0. The molecule has 15 heteroatoms. The number of hydrogen-bond acceptors (Lipinski definition) is 8. The fourth-order valence-electron chi connectivity index (χ4n) is 3.08. The maximum atomic E-state index is 12.5. The van der Waals surface area contributed by atoms with Gasteiger partial charge in [0.15, 0.2) is 0 Å². The van der Waals surface area contributed by atoms with Crippen molar-refractivity contribution < 1.29 is 38.7 Å². The summed E-state index contributed by atoms with van der Waals surface area (Å²) >= 11 is 0. The van der Waals surface area contributed by atoms with Gasteiger partial charge in [0.1, 0.15) is 18.6 Å². The van der Waals surface area contributed by atoms with Crippen LogP contribution in [0.25, 0.3) is 0 Å². The van der Waals surface area contributed by atoms with Gasteiger partial charge >= 0.3 is 5.97 Å². The number of carbonyl (C=O) groups is 7. The van der Waals surface area contributed by atoms with Crippen LogP contribution in [0.2, 0.25) is 0 Å². The normalized spacial score (nSPS) is 13.2. The van der Waals surface area contributed by atoms with Crippen molar-refractivity contribution in [2.45, 2.75) is 66.1 Å². The molecule has 0 aliphatic carbocycles. The monoisotopic (exact) mass is 557 g/mol. The van der Waals surface area contributed by atoms with Crippen molar-refractivity contribution >= 4 is 41.4 Å². The summed E-state index contributed by atoms with van der Waals surface area (Å²) in [4.78, 5) is 83.8. The van der Waals surface area contributed by atoms with E-state index < -0.39 is 85.7 Å². The number of carboxylic acids is 1. The zero-order chi connectivity index (χ0) is 30.3. The Morgan fingerprint density at radius 3 is 1.56 bits per heavy atom. The highest BCUT2D eigenvalue weighted by Gasteiger charge is 2.28. The molecule has 0 bridgehead atoms. The maximum Gasteiger partial charge on any atom is 0.322 e. The second kappa shape index (κ2) is 17.7. The van der Waals surface area contributed by atoms with E-state index in [9.17, 15) is 33.6 Å². The van der Waals surface area contributed by atoms with E-state index in [1.807, 2.05) is 13.8 Å². The first kappa shape index (κ1) is 35.2. The molecular weight excluding hydrogens is 514 g/mol. The molecule has 0 rings (SSSR count). The molecule has 3 atom stereocenters. The molecule has 0 aromatic carbocycles. The molecular formula is C24H43N7O8. The second-order valence-corrected chi connectivity index (χ2v) is 10.1. The van der Waals surface area contributed by atoms with Crippen LogP contribution in [0.3, 0.4) is 0 Å². The van der Waals surface area contributed by atoms with E-state index >= 15 is 0 Å². The minimum Gasteiger partial charge on any atom is -0.480 e. The van der Waals surface area contributed by atoms with E-state index in [2.05, 4.69) is 31.9 Å². The number of amides is 6. The molecule has 222 valence electrons. The summed E-state index contributed by atoms with van der Waals surface area (Å²) in [6.07, 6.45) is 0.237. The number of carboxylic acid groups (broad SMARTS) is 1. The van der Waals surface area contributed by atoms with Gasteiger partial charge in [0.25, 0.3) is 0 Å². The smallest absolute Gasteiger partial charge is 0.322 e. The standard InChI is InChI=1S/C24H43N7O8/c1-12(2)7-15(22(37)28-8-17(33)27-11-19(35)36)30-18(34)10-26-16(32)9-29-24(39)21(14(5)6)31-23(38)20(25)13(3)4/h12-15,20-21H,7-11,25H2,1-6H3,(H,26,32)(H,27,33)(H,28,37)(H,29,39)(H,30,34)(H,31,38)(H,35,36)/t15-,20-,21-/m0/s1. The first-order valence-electron chi connectivity index (χ1n) is 12.7. The Balaban J connectivity index is 4.77. The van der Waals surface area contributed by atoms with Crippen molar-refractivity contribution in [1.82, 2.24) is 31.9 Å². The quantitative estimate of drug-likeness (QED) is 0.0919. The predicted molar refractivity (Wildman–Crippen MR) is 141 cm³/mol. The lowest BCUT2D eigenvalue weighted by Crippen LogP contribution is -2.56. The Hall–Kier alpha value is -3.75. The average molecular weight is 558 g/mol. The van der Waals surface area contributed by atoms with Gasteiger partial charge in [-0.3, -0.25) is 33.6 Å². The lowest BCUT2D eigenvalue weighted by atomic mass is 10.0. The highest BCUT2D eigenvalue weighted by molar-refractivity contribution is 5.94. The summed E-state index contributed by atoms with van der Waals surface area (Å²) < 4.78 is 0. The summed E-state index contributed by atoms with van der Waals surface area (Å²) in [6.45, 7) is 8.62. The number of rotatable bonds is 17. The van der Waals surface area contributed by atoms with Crippen LogP contribution in [0.1, 0.15) is 48.0 Å². The molecule has 9 N–H and O–H groups in total. The molecule has 0 aromatic rings. The number of aliphatic carboxylic acids is 1. The van der Waals surface area contributed by atoms with Gasteiger partial charge in [-0.1, -0.05) is 41.5 Å².